The van der Waals surface area contributed by atoms with Gasteiger partial charge in [-0.25, -0.2) is 4.79 Å². The molecule has 0 aliphatic heterocycles. The molecule has 1 unspecified atom stereocenters. The van der Waals surface area contributed by atoms with Crippen molar-refractivity contribution < 1.29 is 14.3 Å². The van der Waals surface area contributed by atoms with Crippen LogP contribution in [0.5, 0.6) is 0 Å². The molecule has 3 nitrogen and oxygen atoms in total. The summed E-state index contributed by atoms with van der Waals surface area (Å²) in [5.41, 5.74) is -0.612. The summed E-state index contributed by atoms with van der Waals surface area (Å²) in [7, 11) is 0. The third kappa shape index (κ3) is 3.30. The Morgan fingerprint density at radius 3 is 2.75 bits per heavy atom. The van der Waals surface area contributed by atoms with Crippen LogP contribution in [0.3, 0.4) is 0 Å². The summed E-state index contributed by atoms with van der Waals surface area (Å²) in [6, 6.07) is 0. The summed E-state index contributed by atoms with van der Waals surface area (Å²) in [5.74, 6) is 0.545. The van der Waals surface area contributed by atoms with Gasteiger partial charge in [-0.15, -0.1) is 0 Å². The molecule has 0 aromatic carbocycles. The fourth-order valence-corrected chi connectivity index (χ4v) is 1.08. The van der Waals surface area contributed by atoms with E-state index in [-0.39, 0.29) is 0 Å². The smallest absolute Gasteiger partial charge is 0.434 e. The Hall–Kier alpha value is -0.440. The van der Waals surface area contributed by atoms with E-state index in [1.54, 1.807) is 6.92 Å². The Morgan fingerprint density at radius 2 is 2.33 bits per heavy atom. The van der Waals surface area contributed by atoms with Crippen molar-refractivity contribution >= 4 is 17.8 Å². The van der Waals surface area contributed by atoms with Gasteiger partial charge < -0.3 is 9.47 Å². The Morgan fingerprint density at radius 1 is 1.67 bits per heavy atom. The number of carbonyl (C=O) groups is 1. The van der Waals surface area contributed by atoms with Crippen LogP contribution in [0.4, 0.5) is 4.79 Å². The van der Waals surface area contributed by atoms with Crippen LogP contribution in [0.2, 0.25) is 0 Å². The molecule has 1 aliphatic rings. The average molecular weight is 193 g/mol. The zero-order valence-corrected chi connectivity index (χ0v) is 7.84. The zero-order valence-electron chi connectivity index (χ0n) is 7.09. The number of halogens is 1. The van der Waals surface area contributed by atoms with E-state index in [0.29, 0.717) is 12.5 Å². The quantitative estimate of drug-likeness (QED) is 0.509. The fourth-order valence-electron chi connectivity index (χ4n) is 1.01. The molecular weight excluding hydrogens is 180 g/mol. The van der Waals surface area contributed by atoms with E-state index < -0.39 is 11.7 Å². The van der Waals surface area contributed by atoms with Gasteiger partial charge in [-0.3, -0.25) is 0 Å². The first-order valence-corrected chi connectivity index (χ1v) is 4.59. The van der Waals surface area contributed by atoms with E-state index in [2.05, 4.69) is 4.74 Å². The standard InChI is InChI=1S/C8H13ClO3/c1-6(9)12-8(10)11-5-7-3-2-4-7/h6-7H,2-5H2,1H3. The molecule has 1 aliphatic carbocycles. The second-order valence-electron chi connectivity index (χ2n) is 3.02. The van der Waals surface area contributed by atoms with Crippen LogP contribution in [0.1, 0.15) is 26.2 Å². The maximum Gasteiger partial charge on any atom is 0.509 e. The average Bonchev–Trinajstić information content (AvgIpc) is 1.81. The van der Waals surface area contributed by atoms with Crippen molar-refractivity contribution in [1.82, 2.24) is 0 Å². The van der Waals surface area contributed by atoms with Crippen molar-refractivity contribution in [1.29, 1.82) is 0 Å². The first-order chi connectivity index (χ1) is 5.68. The first-order valence-electron chi connectivity index (χ1n) is 4.16. The molecule has 70 valence electrons. The summed E-state index contributed by atoms with van der Waals surface area (Å²) in [6.45, 7) is 2.05. The predicted molar refractivity (Wildman–Crippen MR) is 45.1 cm³/mol. The number of ether oxygens (including phenoxy) is 2. The van der Waals surface area contributed by atoms with Gasteiger partial charge in [0.05, 0.1) is 6.61 Å². The molecule has 0 spiro atoms. The van der Waals surface area contributed by atoms with Gasteiger partial charge in [-0.1, -0.05) is 18.0 Å². The van der Waals surface area contributed by atoms with Crippen molar-refractivity contribution in [3.05, 3.63) is 0 Å². The molecule has 0 aromatic rings. The highest BCUT2D eigenvalue weighted by molar-refractivity contribution is 6.19. The monoisotopic (exact) mass is 192 g/mol. The van der Waals surface area contributed by atoms with E-state index in [9.17, 15) is 4.79 Å². The Labute approximate surface area is 77.0 Å². The van der Waals surface area contributed by atoms with Gasteiger partial charge in [0.15, 0.2) is 5.56 Å². The number of alkyl halides is 1. The molecule has 1 saturated carbocycles. The second kappa shape index (κ2) is 4.55. The lowest BCUT2D eigenvalue weighted by Gasteiger charge is -2.24. The normalized spacial score (nSPS) is 19.5. The van der Waals surface area contributed by atoms with Crippen molar-refractivity contribution in [3.63, 3.8) is 0 Å². The lowest BCUT2D eigenvalue weighted by molar-refractivity contribution is 0.0295. The topological polar surface area (TPSA) is 35.5 Å². The first kappa shape index (κ1) is 9.65. The van der Waals surface area contributed by atoms with Gasteiger partial charge in [0, 0.05) is 0 Å². The summed E-state index contributed by atoms with van der Waals surface area (Å²) in [5, 5.41) is 0. The SMILES string of the molecule is CC(Cl)OC(=O)OCC1CCC1. The van der Waals surface area contributed by atoms with Gasteiger partial charge in [0.25, 0.3) is 0 Å². The number of hydrogen-bond donors (Lipinski definition) is 0. The van der Waals surface area contributed by atoms with Crippen LogP contribution in [0.25, 0.3) is 0 Å². The molecule has 1 rings (SSSR count). The minimum Gasteiger partial charge on any atom is -0.434 e. The van der Waals surface area contributed by atoms with Gasteiger partial charge in [0.2, 0.25) is 0 Å². The number of rotatable bonds is 3. The summed E-state index contributed by atoms with van der Waals surface area (Å²) in [4.78, 5) is 10.8. The van der Waals surface area contributed by atoms with Crippen LogP contribution in [0, 0.1) is 5.92 Å². The highest BCUT2D eigenvalue weighted by Crippen LogP contribution is 2.26. The third-order valence-electron chi connectivity index (χ3n) is 1.92. The van der Waals surface area contributed by atoms with Gasteiger partial charge in [0.1, 0.15) is 0 Å². The Balaban J connectivity index is 2.01. The van der Waals surface area contributed by atoms with Crippen LogP contribution in [0.15, 0.2) is 0 Å². The molecule has 1 fully saturated rings. The van der Waals surface area contributed by atoms with Crippen molar-refractivity contribution in [2.24, 2.45) is 5.92 Å². The molecule has 0 bridgehead atoms. The molecule has 4 heteroatoms. The Kier molecular flexibility index (Phi) is 3.66. The molecule has 12 heavy (non-hydrogen) atoms. The van der Waals surface area contributed by atoms with E-state index in [0.717, 1.165) is 12.8 Å². The van der Waals surface area contributed by atoms with E-state index in [1.807, 2.05) is 0 Å². The predicted octanol–water partition coefficient (Wildman–Crippen LogP) is 2.52. The molecular formula is C8H13ClO3. The molecule has 1 atom stereocenters. The summed E-state index contributed by atoms with van der Waals surface area (Å²) in [6.07, 6.45) is 2.90. The van der Waals surface area contributed by atoms with Gasteiger partial charge in [-0.05, 0) is 25.7 Å². The zero-order chi connectivity index (χ0) is 8.97. The highest BCUT2D eigenvalue weighted by atomic mass is 35.5. The largest absolute Gasteiger partial charge is 0.509 e. The van der Waals surface area contributed by atoms with Gasteiger partial charge in [-0.2, -0.15) is 0 Å². The lowest BCUT2D eigenvalue weighted by Crippen LogP contribution is -2.21. The van der Waals surface area contributed by atoms with Crippen LogP contribution < -0.4 is 0 Å². The lowest BCUT2D eigenvalue weighted by atomic mass is 9.86. The number of carbonyl (C=O) groups excluding carboxylic acids is 1. The van der Waals surface area contributed by atoms with Crippen molar-refractivity contribution in [2.45, 2.75) is 31.7 Å². The highest BCUT2D eigenvalue weighted by Gasteiger charge is 2.19. The third-order valence-corrected chi connectivity index (χ3v) is 2.01. The van der Waals surface area contributed by atoms with Crippen molar-refractivity contribution in [2.75, 3.05) is 6.61 Å². The van der Waals surface area contributed by atoms with E-state index in [4.69, 9.17) is 16.3 Å². The maximum absolute atomic E-state index is 10.8. The maximum atomic E-state index is 10.8. The summed E-state index contributed by atoms with van der Waals surface area (Å²) >= 11 is 5.41. The minimum atomic E-state index is -0.663. The molecule has 0 aromatic heterocycles. The Bertz CT molecular complexity index is 154. The molecule has 0 N–H and O–H groups in total. The van der Waals surface area contributed by atoms with E-state index in [1.165, 1.54) is 6.42 Å². The van der Waals surface area contributed by atoms with Crippen LogP contribution in [-0.4, -0.2) is 18.3 Å². The molecule has 0 heterocycles. The number of hydrogen-bond acceptors (Lipinski definition) is 3. The molecule has 0 radical (unpaired) electrons. The second-order valence-corrected chi connectivity index (χ2v) is 3.63. The van der Waals surface area contributed by atoms with Crippen LogP contribution >= 0.6 is 11.6 Å². The van der Waals surface area contributed by atoms with Crippen LogP contribution in [-0.2, 0) is 9.47 Å². The van der Waals surface area contributed by atoms with Gasteiger partial charge >= 0.3 is 6.16 Å². The molecule has 0 saturated heterocycles. The minimum absolute atomic E-state index is 0.475. The van der Waals surface area contributed by atoms with Crippen molar-refractivity contribution in [3.8, 4) is 0 Å². The molecule has 0 amide bonds. The fraction of sp³-hybridized carbons (Fsp3) is 0.875. The summed E-state index contributed by atoms with van der Waals surface area (Å²) < 4.78 is 9.38. The van der Waals surface area contributed by atoms with E-state index >= 15 is 0 Å².